The van der Waals surface area contributed by atoms with Gasteiger partial charge in [-0.1, -0.05) is 6.07 Å². The fourth-order valence-corrected chi connectivity index (χ4v) is 4.87. The lowest BCUT2D eigenvalue weighted by atomic mass is 10.1. The molecule has 1 N–H and O–H groups in total. The summed E-state index contributed by atoms with van der Waals surface area (Å²) in [6.07, 6.45) is 4.97. The van der Waals surface area contributed by atoms with Gasteiger partial charge in [0.2, 0.25) is 5.91 Å². The Balaban J connectivity index is 1.33. The number of rotatable bonds is 5. The Labute approximate surface area is 204 Å². The molecule has 0 radical (unpaired) electrons. The lowest BCUT2D eigenvalue weighted by Gasteiger charge is -2.37. The quantitative estimate of drug-likeness (QED) is 0.710. The number of halogens is 1. The van der Waals surface area contributed by atoms with Crippen LogP contribution in [0.15, 0.2) is 42.5 Å². The molecule has 3 fully saturated rings. The monoisotopic (exact) mass is 478 g/mol. The SMILES string of the molecule is O=C(Nc1ccc(N2CCN(C(=O)c3cccc(F)c3)CC2)c(C(=O)N2CCCCC2)c1)C1CC1. The number of piperazine rings is 1. The van der Waals surface area contributed by atoms with Crippen molar-refractivity contribution in [2.45, 2.75) is 32.1 Å². The van der Waals surface area contributed by atoms with E-state index in [0.29, 0.717) is 43.0 Å². The van der Waals surface area contributed by atoms with Gasteiger partial charge in [-0.3, -0.25) is 14.4 Å². The first-order valence-electron chi connectivity index (χ1n) is 12.5. The van der Waals surface area contributed by atoms with Crippen molar-refractivity contribution < 1.29 is 18.8 Å². The van der Waals surface area contributed by atoms with Crippen molar-refractivity contribution in [1.82, 2.24) is 9.80 Å². The van der Waals surface area contributed by atoms with Gasteiger partial charge < -0.3 is 20.0 Å². The number of carbonyl (C=O) groups excluding carboxylic acids is 3. The van der Waals surface area contributed by atoms with Crippen LogP contribution >= 0.6 is 0 Å². The Morgan fingerprint density at radius 3 is 2.20 bits per heavy atom. The largest absolute Gasteiger partial charge is 0.367 e. The highest BCUT2D eigenvalue weighted by atomic mass is 19.1. The Hall–Kier alpha value is -3.42. The van der Waals surface area contributed by atoms with E-state index in [9.17, 15) is 18.8 Å². The fraction of sp³-hybridized carbons (Fsp3) is 0.444. The van der Waals surface area contributed by atoms with E-state index in [1.807, 2.05) is 17.0 Å². The van der Waals surface area contributed by atoms with Gasteiger partial charge in [-0.2, -0.15) is 0 Å². The summed E-state index contributed by atoms with van der Waals surface area (Å²) < 4.78 is 13.6. The summed E-state index contributed by atoms with van der Waals surface area (Å²) in [5, 5.41) is 2.97. The molecule has 0 bridgehead atoms. The van der Waals surface area contributed by atoms with Crippen LogP contribution < -0.4 is 10.2 Å². The predicted molar refractivity (Wildman–Crippen MR) is 132 cm³/mol. The van der Waals surface area contributed by atoms with Gasteiger partial charge in [0.25, 0.3) is 11.8 Å². The highest BCUT2D eigenvalue weighted by Gasteiger charge is 2.31. The Bertz CT molecular complexity index is 1120. The minimum Gasteiger partial charge on any atom is -0.367 e. The van der Waals surface area contributed by atoms with Crippen molar-refractivity contribution in [2.24, 2.45) is 5.92 Å². The number of benzene rings is 2. The lowest BCUT2D eigenvalue weighted by molar-refractivity contribution is -0.117. The van der Waals surface area contributed by atoms with Crippen LogP contribution in [0.4, 0.5) is 15.8 Å². The van der Waals surface area contributed by atoms with Gasteiger partial charge >= 0.3 is 0 Å². The molecule has 1 aliphatic carbocycles. The average Bonchev–Trinajstić information content (AvgIpc) is 3.74. The van der Waals surface area contributed by atoms with Gasteiger partial charge in [0.1, 0.15) is 5.82 Å². The first-order valence-corrected chi connectivity index (χ1v) is 12.5. The van der Waals surface area contributed by atoms with E-state index in [0.717, 1.165) is 50.9 Å². The summed E-state index contributed by atoms with van der Waals surface area (Å²) in [4.78, 5) is 44.4. The maximum atomic E-state index is 13.6. The number of nitrogens with one attached hydrogen (secondary N) is 1. The van der Waals surface area contributed by atoms with Gasteiger partial charge in [0.05, 0.1) is 5.56 Å². The number of anilines is 2. The number of amides is 3. The van der Waals surface area contributed by atoms with E-state index < -0.39 is 5.82 Å². The zero-order valence-corrected chi connectivity index (χ0v) is 19.8. The summed E-state index contributed by atoms with van der Waals surface area (Å²) in [5.41, 5.74) is 2.40. The fourth-order valence-electron chi connectivity index (χ4n) is 4.87. The molecule has 3 aliphatic rings. The summed E-state index contributed by atoms with van der Waals surface area (Å²) in [6.45, 7) is 3.57. The second-order valence-corrected chi connectivity index (χ2v) is 9.64. The number of carbonyl (C=O) groups is 3. The number of nitrogens with zero attached hydrogens (tertiary/aromatic N) is 3. The predicted octanol–water partition coefficient (Wildman–Crippen LogP) is 3.76. The van der Waals surface area contributed by atoms with Crippen LogP contribution in [0.1, 0.15) is 52.8 Å². The molecule has 184 valence electrons. The number of piperidine rings is 1. The minimum atomic E-state index is -0.427. The first-order chi connectivity index (χ1) is 17.0. The number of hydrogen-bond acceptors (Lipinski definition) is 4. The lowest BCUT2D eigenvalue weighted by Crippen LogP contribution is -2.49. The molecular weight excluding hydrogens is 447 g/mol. The highest BCUT2D eigenvalue weighted by Crippen LogP contribution is 2.32. The van der Waals surface area contributed by atoms with Crippen LogP contribution in [0.25, 0.3) is 0 Å². The third-order valence-electron chi connectivity index (χ3n) is 7.07. The summed E-state index contributed by atoms with van der Waals surface area (Å²) in [6, 6.07) is 11.3. The number of hydrogen-bond donors (Lipinski definition) is 1. The summed E-state index contributed by atoms with van der Waals surface area (Å²) >= 11 is 0. The van der Waals surface area contributed by atoms with E-state index in [-0.39, 0.29) is 23.6 Å². The molecule has 2 heterocycles. The summed E-state index contributed by atoms with van der Waals surface area (Å²) in [7, 11) is 0. The Morgan fingerprint density at radius 1 is 0.800 bits per heavy atom. The molecule has 35 heavy (non-hydrogen) atoms. The molecule has 0 unspecified atom stereocenters. The molecule has 2 aromatic rings. The van der Waals surface area contributed by atoms with Crippen molar-refractivity contribution in [1.29, 1.82) is 0 Å². The molecule has 0 aromatic heterocycles. The van der Waals surface area contributed by atoms with Crippen molar-refractivity contribution in [3.8, 4) is 0 Å². The topological polar surface area (TPSA) is 73.0 Å². The third-order valence-corrected chi connectivity index (χ3v) is 7.07. The van der Waals surface area contributed by atoms with Gasteiger partial charge in [-0.25, -0.2) is 4.39 Å². The molecular formula is C27H31FN4O3. The zero-order chi connectivity index (χ0) is 24.4. The van der Waals surface area contributed by atoms with Crippen molar-refractivity contribution in [3.05, 3.63) is 59.4 Å². The van der Waals surface area contributed by atoms with Crippen molar-refractivity contribution in [2.75, 3.05) is 49.5 Å². The Kier molecular flexibility index (Phi) is 6.70. The zero-order valence-electron chi connectivity index (χ0n) is 19.8. The third kappa shape index (κ3) is 5.31. The molecule has 2 aliphatic heterocycles. The molecule has 8 heteroatoms. The smallest absolute Gasteiger partial charge is 0.256 e. The standard InChI is InChI=1S/C27H31FN4O3/c28-21-6-4-5-20(17-21)26(34)32-15-13-30(14-16-32)24-10-9-22(29-25(33)19-7-8-19)18-23(24)27(35)31-11-2-1-3-12-31/h4-6,9-10,17-19H,1-3,7-8,11-16H2,(H,29,33). The van der Waals surface area contributed by atoms with Gasteiger partial charge in [-0.05, 0) is 68.5 Å². The van der Waals surface area contributed by atoms with Crippen LogP contribution in [-0.4, -0.2) is 66.8 Å². The van der Waals surface area contributed by atoms with Gasteiger partial charge in [-0.15, -0.1) is 0 Å². The molecule has 0 spiro atoms. The van der Waals surface area contributed by atoms with Crippen molar-refractivity contribution in [3.63, 3.8) is 0 Å². The second-order valence-electron chi connectivity index (χ2n) is 9.64. The molecule has 0 atom stereocenters. The van der Waals surface area contributed by atoms with Crippen molar-refractivity contribution >= 4 is 29.1 Å². The maximum Gasteiger partial charge on any atom is 0.256 e. The normalized spacial score (nSPS) is 18.4. The van der Waals surface area contributed by atoms with Gasteiger partial charge in [0, 0.05) is 62.1 Å². The molecule has 5 rings (SSSR count). The average molecular weight is 479 g/mol. The molecule has 1 saturated carbocycles. The maximum absolute atomic E-state index is 13.6. The summed E-state index contributed by atoms with van der Waals surface area (Å²) in [5.74, 6) is -0.533. The molecule has 2 aromatic carbocycles. The second kappa shape index (κ2) is 10.1. The van der Waals surface area contributed by atoms with Crippen LogP contribution in [0.5, 0.6) is 0 Å². The van der Waals surface area contributed by atoms with E-state index in [1.165, 1.54) is 12.1 Å². The van der Waals surface area contributed by atoms with Crippen LogP contribution in [-0.2, 0) is 4.79 Å². The highest BCUT2D eigenvalue weighted by molar-refractivity contribution is 6.02. The van der Waals surface area contributed by atoms with E-state index in [2.05, 4.69) is 10.2 Å². The Morgan fingerprint density at radius 2 is 1.51 bits per heavy atom. The number of likely N-dealkylation sites (tertiary alicyclic amines) is 1. The molecule has 7 nitrogen and oxygen atoms in total. The minimum absolute atomic E-state index is 0.0126. The van der Waals surface area contributed by atoms with Crippen LogP contribution in [0.2, 0.25) is 0 Å². The van der Waals surface area contributed by atoms with E-state index in [1.54, 1.807) is 23.1 Å². The first kappa shape index (κ1) is 23.3. The molecule has 3 amide bonds. The van der Waals surface area contributed by atoms with E-state index in [4.69, 9.17) is 0 Å². The van der Waals surface area contributed by atoms with Crippen LogP contribution in [0.3, 0.4) is 0 Å². The van der Waals surface area contributed by atoms with Crippen LogP contribution in [0, 0.1) is 11.7 Å². The molecule has 2 saturated heterocycles. The van der Waals surface area contributed by atoms with Gasteiger partial charge in [0.15, 0.2) is 0 Å². The van der Waals surface area contributed by atoms with E-state index >= 15 is 0 Å².